The summed E-state index contributed by atoms with van der Waals surface area (Å²) in [6.07, 6.45) is 4.45. The van der Waals surface area contributed by atoms with Crippen molar-refractivity contribution >= 4 is 5.97 Å². The first kappa shape index (κ1) is 11.7. The molecule has 0 saturated heterocycles. The largest absolute Gasteiger partial charge is 0.481 e. The van der Waals surface area contributed by atoms with Crippen LogP contribution in [-0.4, -0.2) is 22.1 Å². The second-order valence-corrected chi connectivity index (χ2v) is 3.44. The highest BCUT2D eigenvalue weighted by atomic mass is 16.4. The molecular formula is C11H16N2O2. The van der Waals surface area contributed by atoms with Gasteiger partial charge in [0.2, 0.25) is 0 Å². The molecule has 0 bridgehead atoms. The van der Waals surface area contributed by atoms with Gasteiger partial charge in [-0.1, -0.05) is 6.92 Å². The molecule has 0 aliphatic heterocycles. The zero-order valence-corrected chi connectivity index (χ0v) is 8.81. The molecule has 0 aliphatic rings. The van der Waals surface area contributed by atoms with E-state index in [9.17, 15) is 4.79 Å². The number of pyridine rings is 1. The molecule has 4 nitrogen and oxygen atoms in total. The molecule has 1 heterocycles. The minimum atomic E-state index is -0.760. The Morgan fingerprint density at radius 1 is 1.53 bits per heavy atom. The lowest BCUT2D eigenvalue weighted by atomic mass is 10.1. The highest BCUT2D eigenvalue weighted by Gasteiger charge is 2.09. The molecule has 1 unspecified atom stereocenters. The first-order chi connectivity index (χ1) is 7.22. The fraction of sp³-hybridized carbons (Fsp3) is 0.455. The van der Waals surface area contributed by atoms with Crippen LogP contribution < -0.4 is 5.32 Å². The van der Waals surface area contributed by atoms with Crippen LogP contribution in [-0.2, 0) is 11.3 Å². The van der Waals surface area contributed by atoms with E-state index in [4.69, 9.17) is 5.11 Å². The molecule has 2 N–H and O–H groups in total. The Balaban J connectivity index is 2.37. The van der Waals surface area contributed by atoms with Crippen molar-refractivity contribution in [2.75, 3.05) is 0 Å². The molecule has 0 aliphatic carbocycles. The van der Waals surface area contributed by atoms with Gasteiger partial charge in [-0.3, -0.25) is 9.78 Å². The molecule has 1 atom stereocenters. The van der Waals surface area contributed by atoms with E-state index in [0.29, 0.717) is 6.54 Å². The first-order valence-electron chi connectivity index (χ1n) is 5.06. The maximum atomic E-state index is 10.5. The van der Waals surface area contributed by atoms with Gasteiger partial charge in [-0.2, -0.15) is 0 Å². The molecule has 15 heavy (non-hydrogen) atoms. The summed E-state index contributed by atoms with van der Waals surface area (Å²) in [6.45, 7) is 2.67. The van der Waals surface area contributed by atoms with Gasteiger partial charge in [0.05, 0.1) is 6.42 Å². The molecule has 1 aromatic heterocycles. The number of hydrogen-bond donors (Lipinski definition) is 2. The van der Waals surface area contributed by atoms with Crippen LogP contribution in [0.4, 0.5) is 0 Å². The van der Waals surface area contributed by atoms with Crippen molar-refractivity contribution in [2.45, 2.75) is 32.4 Å². The number of hydrogen-bond acceptors (Lipinski definition) is 3. The van der Waals surface area contributed by atoms with Gasteiger partial charge in [0.15, 0.2) is 0 Å². The molecule has 0 aromatic carbocycles. The van der Waals surface area contributed by atoms with Crippen molar-refractivity contribution in [3.05, 3.63) is 30.1 Å². The monoisotopic (exact) mass is 208 g/mol. The third kappa shape index (κ3) is 4.56. The van der Waals surface area contributed by atoms with Crippen LogP contribution in [0.3, 0.4) is 0 Å². The Morgan fingerprint density at radius 2 is 2.20 bits per heavy atom. The van der Waals surface area contributed by atoms with Gasteiger partial charge < -0.3 is 10.4 Å². The number of carboxylic acids is 1. The third-order valence-corrected chi connectivity index (χ3v) is 2.26. The van der Waals surface area contributed by atoms with Crippen molar-refractivity contribution in [2.24, 2.45) is 0 Å². The molecule has 0 radical (unpaired) electrons. The van der Waals surface area contributed by atoms with Gasteiger partial charge in [-0.15, -0.1) is 0 Å². The van der Waals surface area contributed by atoms with Gasteiger partial charge in [-0.05, 0) is 24.1 Å². The van der Waals surface area contributed by atoms with Gasteiger partial charge >= 0.3 is 5.97 Å². The summed E-state index contributed by atoms with van der Waals surface area (Å²) in [5.74, 6) is -0.760. The molecule has 0 amide bonds. The van der Waals surface area contributed by atoms with E-state index in [0.717, 1.165) is 12.0 Å². The number of carboxylic acid groups (broad SMARTS) is 1. The van der Waals surface area contributed by atoms with Crippen LogP contribution >= 0.6 is 0 Å². The number of carbonyl (C=O) groups is 1. The van der Waals surface area contributed by atoms with Crippen LogP contribution in [0.5, 0.6) is 0 Å². The Hall–Kier alpha value is -1.42. The maximum absolute atomic E-state index is 10.5. The number of aromatic nitrogens is 1. The lowest BCUT2D eigenvalue weighted by molar-refractivity contribution is -0.137. The van der Waals surface area contributed by atoms with Gasteiger partial charge in [0.1, 0.15) is 0 Å². The summed E-state index contributed by atoms with van der Waals surface area (Å²) in [7, 11) is 0. The number of aliphatic carboxylic acids is 1. The van der Waals surface area contributed by atoms with Crippen molar-refractivity contribution in [3.8, 4) is 0 Å². The molecule has 0 fully saturated rings. The Bertz CT molecular complexity index is 301. The predicted molar refractivity (Wildman–Crippen MR) is 57.4 cm³/mol. The molecule has 0 spiro atoms. The van der Waals surface area contributed by atoms with Crippen molar-refractivity contribution in [1.29, 1.82) is 0 Å². The summed E-state index contributed by atoms with van der Waals surface area (Å²) in [4.78, 5) is 14.4. The summed E-state index contributed by atoms with van der Waals surface area (Å²) >= 11 is 0. The minimum Gasteiger partial charge on any atom is -0.481 e. The summed E-state index contributed by atoms with van der Waals surface area (Å²) in [5.41, 5.74) is 1.12. The number of nitrogens with zero attached hydrogens (tertiary/aromatic N) is 1. The van der Waals surface area contributed by atoms with Gasteiger partial charge in [-0.25, -0.2) is 0 Å². The normalized spacial score (nSPS) is 12.3. The van der Waals surface area contributed by atoms with E-state index in [1.165, 1.54) is 0 Å². The Kier molecular flexibility index (Phi) is 4.77. The fourth-order valence-electron chi connectivity index (χ4n) is 1.33. The van der Waals surface area contributed by atoms with Crippen molar-refractivity contribution < 1.29 is 9.90 Å². The van der Waals surface area contributed by atoms with E-state index in [2.05, 4.69) is 10.3 Å². The maximum Gasteiger partial charge on any atom is 0.304 e. The minimum absolute atomic E-state index is 0.0377. The highest BCUT2D eigenvalue weighted by Crippen LogP contribution is 2.01. The second kappa shape index (κ2) is 6.14. The average Bonchev–Trinajstić information content (AvgIpc) is 2.25. The average molecular weight is 208 g/mol. The topological polar surface area (TPSA) is 62.2 Å². The van der Waals surface area contributed by atoms with Crippen LogP contribution in [0.1, 0.15) is 25.3 Å². The van der Waals surface area contributed by atoms with Gasteiger partial charge in [0, 0.05) is 25.0 Å². The molecule has 82 valence electrons. The van der Waals surface area contributed by atoms with Crippen LogP contribution in [0.15, 0.2) is 24.5 Å². The third-order valence-electron chi connectivity index (χ3n) is 2.26. The number of nitrogens with one attached hydrogen (secondary N) is 1. The van der Waals surface area contributed by atoms with E-state index in [1.54, 1.807) is 12.4 Å². The fourth-order valence-corrected chi connectivity index (χ4v) is 1.33. The lowest BCUT2D eigenvalue weighted by Gasteiger charge is -2.14. The van der Waals surface area contributed by atoms with Gasteiger partial charge in [0.25, 0.3) is 0 Å². The Morgan fingerprint density at radius 3 is 2.73 bits per heavy atom. The first-order valence-corrected chi connectivity index (χ1v) is 5.06. The standard InChI is InChI=1S/C11H16N2O2/c1-2-10(7-11(14)15)13-8-9-3-5-12-6-4-9/h3-6,10,13H,2,7-8H2,1H3,(H,14,15). The number of rotatable bonds is 6. The Labute approximate surface area is 89.3 Å². The highest BCUT2D eigenvalue weighted by molar-refractivity contribution is 5.67. The van der Waals surface area contributed by atoms with E-state index in [-0.39, 0.29) is 12.5 Å². The van der Waals surface area contributed by atoms with Crippen molar-refractivity contribution in [3.63, 3.8) is 0 Å². The second-order valence-electron chi connectivity index (χ2n) is 3.44. The van der Waals surface area contributed by atoms with Crippen molar-refractivity contribution in [1.82, 2.24) is 10.3 Å². The van der Waals surface area contributed by atoms with Crippen LogP contribution in [0, 0.1) is 0 Å². The smallest absolute Gasteiger partial charge is 0.304 e. The molecule has 4 heteroatoms. The zero-order chi connectivity index (χ0) is 11.1. The lowest BCUT2D eigenvalue weighted by Crippen LogP contribution is -2.30. The summed E-state index contributed by atoms with van der Waals surface area (Å²) in [5, 5.41) is 11.9. The summed E-state index contributed by atoms with van der Waals surface area (Å²) < 4.78 is 0. The molecule has 1 rings (SSSR count). The zero-order valence-electron chi connectivity index (χ0n) is 8.81. The SMILES string of the molecule is CCC(CC(=O)O)NCc1ccncc1. The van der Waals surface area contributed by atoms with Crippen LogP contribution in [0.2, 0.25) is 0 Å². The summed E-state index contributed by atoms with van der Waals surface area (Å²) in [6, 6.07) is 3.87. The van der Waals surface area contributed by atoms with Crippen LogP contribution in [0.25, 0.3) is 0 Å². The van der Waals surface area contributed by atoms with E-state index < -0.39 is 5.97 Å². The van der Waals surface area contributed by atoms with E-state index >= 15 is 0 Å². The molecule has 0 saturated carbocycles. The quantitative estimate of drug-likeness (QED) is 0.742. The van der Waals surface area contributed by atoms with E-state index in [1.807, 2.05) is 19.1 Å². The molecule has 1 aromatic rings. The predicted octanol–water partition coefficient (Wildman–Crippen LogP) is 1.42. The molecular weight excluding hydrogens is 192 g/mol.